The lowest BCUT2D eigenvalue weighted by Crippen LogP contribution is -2.11. The van der Waals surface area contributed by atoms with Crippen LogP contribution in [0, 0.1) is 0 Å². The zero-order valence-corrected chi connectivity index (χ0v) is 28.8. The Hall–Kier alpha value is -4.76. The van der Waals surface area contributed by atoms with E-state index in [1.807, 2.05) is 0 Å². The summed E-state index contributed by atoms with van der Waals surface area (Å²) < 4.78 is 11.7. The zero-order valence-electron chi connectivity index (χ0n) is 28.8. The van der Waals surface area contributed by atoms with E-state index in [9.17, 15) is 0 Å². The first-order valence-electron chi connectivity index (χ1n) is 17.0. The van der Waals surface area contributed by atoms with Gasteiger partial charge >= 0.3 is 0 Å². The number of para-hydroxylation sites is 1. The van der Waals surface area contributed by atoms with Crippen molar-refractivity contribution in [1.29, 1.82) is 0 Å². The summed E-state index contributed by atoms with van der Waals surface area (Å²) in [5.41, 5.74) is 12.4. The molecule has 3 nitrogen and oxygen atoms in total. The zero-order chi connectivity index (χ0) is 32.5. The van der Waals surface area contributed by atoms with E-state index < -0.39 is 0 Å². The molecule has 0 aliphatic heterocycles. The molecule has 0 aliphatic carbocycles. The molecule has 0 bridgehead atoms. The molecule has 232 valence electrons. The third-order valence-corrected chi connectivity index (χ3v) is 11.0. The quantitative estimate of drug-likeness (QED) is 0.167. The van der Waals surface area contributed by atoms with Gasteiger partial charge in [0.1, 0.15) is 5.58 Å². The van der Waals surface area contributed by atoms with E-state index in [1.165, 1.54) is 92.7 Å². The van der Waals surface area contributed by atoms with Crippen LogP contribution < -0.4 is 0 Å². The highest BCUT2D eigenvalue weighted by Crippen LogP contribution is 2.48. The van der Waals surface area contributed by atoms with Crippen molar-refractivity contribution in [2.24, 2.45) is 0 Å². The molecular weight excluding hydrogens is 572 g/mol. The van der Waals surface area contributed by atoms with Crippen molar-refractivity contribution < 1.29 is 4.42 Å². The molecule has 47 heavy (non-hydrogen) atoms. The maximum Gasteiger partial charge on any atom is 0.213 e. The van der Waals surface area contributed by atoms with Crippen molar-refractivity contribution in [3.63, 3.8) is 0 Å². The predicted molar refractivity (Wildman–Crippen MR) is 202 cm³/mol. The van der Waals surface area contributed by atoms with E-state index >= 15 is 0 Å². The van der Waals surface area contributed by atoms with Crippen LogP contribution >= 0.6 is 0 Å². The molecular formula is C44H40N2O. The fraction of sp³-hybridized carbons (Fsp3) is 0.273. The van der Waals surface area contributed by atoms with Gasteiger partial charge < -0.3 is 8.82 Å². The second-order valence-electron chi connectivity index (χ2n) is 17.2. The monoisotopic (exact) mass is 612 g/mol. The van der Waals surface area contributed by atoms with Crippen LogP contribution in [0.3, 0.4) is 0 Å². The molecule has 0 saturated carbocycles. The Morgan fingerprint density at radius 2 is 0.915 bits per heavy atom. The lowest BCUT2D eigenvalue weighted by atomic mass is 9.84. The topological polar surface area (TPSA) is 22.0 Å². The SMILES string of the molecule is CC(C)(C)c1ccc2c(c1)c1cc(C(C)(C)C)cc3c4cc5c(cc4n2c13)c1cc(C(C)(C)C)cc2c3c4ccccc4oc3n5c12. The highest BCUT2D eigenvalue weighted by atomic mass is 16.3. The Bertz CT molecular complexity index is 2940. The second-order valence-corrected chi connectivity index (χ2v) is 17.2. The summed E-state index contributed by atoms with van der Waals surface area (Å²) in [6.45, 7) is 20.9. The Kier molecular flexibility index (Phi) is 4.77. The molecule has 0 atom stereocenters. The molecule has 0 fully saturated rings. The van der Waals surface area contributed by atoms with E-state index in [0.29, 0.717) is 0 Å². The van der Waals surface area contributed by atoms with Crippen molar-refractivity contribution >= 4 is 87.4 Å². The average Bonchev–Trinajstić information content (AvgIpc) is 3.77. The molecule has 5 aromatic heterocycles. The summed E-state index contributed by atoms with van der Waals surface area (Å²) in [6, 6.07) is 30.3. The Labute approximate surface area is 274 Å². The molecule has 0 N–H and O–H groups in total. The van der Waals surface area contributed by atoms with Crippen molar-refractivity contribution in [3.8, 4) is 0 Å². The van der Waals surface area contributed by atoms with Gasteiger partial charge in [0, 0.05) is 43.1 Å². The third kappa shape index (κ3) is 3.37. The average molecular weight is 613 g/mol. The van der Waals surface area contributed by atoms with Gasteiger partial charge in [0.2, 0.25) is 5.71 Å². The van der Waals surface area contributed by atoms with Crippen LogP contribution in [0.4, 0.5) is 0 Å². The van der Waals surface area contributed by atoms with Crippen molar-refractivity contribution in [3.05, 3.63) is 95.6 Å². The minimum atomic E-state index is 0.00524. The van der Waals surface area contributed by atoms with E-state index in [4.69, 9.17) is 4.42 Å². The number of rotatable bonds is 0. The van der Waals surface area contributed by atoms with Crippen LogP contribution in [0.25, 0.3) is 87.4 Å². The first kappa shape index (κ1) is 27.4. The fourth-order valence-corrected chi connectivity index (χ4v) is 8.37. The van der Waals surface area contributed by atoms with Crippen LogP contribution in [-0.4, -0.2) is 8.80 Å². The first-order valence-corrected chi connectivity index (χ1v) is 17.0. The summed E-state index contributed by atoms with van der Waals surface area (Å²) in [6.07, 6.45) is 0. The van der Waals surface area contributed by atoms with Gasteiger partial charge in [0.05, 0.1) is 33.0 Å². The molecule has 0 spiro atoms. The Morgan fingerprint density at radius 3 is 1.51 bits per heavy atom. The molecule has 0 unspecified atom stereocenters. The molecule has 0 amide bonds. The van der Waals surface area contributed by atoms with Gasteiger partial charge in [-0.15, -0.1) is 0 Å². The molecule has 0 radical (unpaired) electrons. The number of aromatic nitrogens is 2. The Morgan fingerprint density at radius 1 is 0.426 bits per heavy atom. The third-order valence-electron chi connectivity index (χ3n) is 11.0. The van der Waals surface area contributed by atoms with E-state index in [-0.39, 0.29) is 16.2 Å². The number of benzene rings is 5. The molecule has 3 heteroatoms. The predicted octanol–water partition coefficient (Wildman–Crippen LogP) is 12.6. The molecule has 0 saturated heterocycles. The van der Waals surface area contributed by atoms with E-state index in [1.54, 1.807) is 0 Å². The van der Waals surface area contributed by atoms with Gasteiger partial charge in [-0.05, 0) is 87.5 Å². The fourth-order valence-electron chi connectivity index (χ4n) is 8.37. The summed E-state index contributed by atoms with van der Waals surface area (Å²) in [7, 11) is 0. The number of nitrogens with zero attached hydrogens (tertiary/aromatic N) is 2. The highest BCUT2D eigenvalue weighted by molar-refractivity contribution is 6.31. The van der Waals surface area contributed by atoms with Crippen LogP contribution in [0.2, 0.25) is 0 Å². The summed E-state index contributed by atoms with van der Waals surface area (Å²) >= 11 is 0. The second kappa shape index (κ2) is 8.20. The standard InChI is InChI=1S/C44H40N2O/c1-42(2,3)23-14-15-34-27(16-23)30-17-24(43(4,5)6)18-31-28-22-36-29(21-35(28)45(34)39(30)31)32-19-25(44(7,8)9)20-33-38-26-12-10-11-13-37(26)47-41(38)46(36)40(32)33/h10-22H,1-9H3. The van der Waals surface area contributed by atoms with Crippen molar-refractivity contribution in [1.82, 2.24) is 8.80 Å². The summed E-state index contributed by atoms with van der Waals surface area (Å²) in [5.74, 6) is 0. The minimum Gasteiger partial charge on any atom is -0.439 e. The molecule has 10 rings (SSSR count). The normalized spacial score (nSPS) is 14.1. The van der Waals surface area contributed by atoms with Gasteiger partial charge in [-0.3, -0.25) is 4.40 Å². The lowest BCUT2D eigenvalue weighted by Gasteiger charge is -2.20. The van der Waals surface area contributed by atoms with Crippen LogP contribution in [0.1, 0.15) is 79.0 Å². The van der Waals surface area contributed by atoms with Gasteiger partial charge in [-0.2, -0.15) is 0 Å². The largest absolute Gasteiger partial charge is 0.439 e. The molecule has 10 aromatic rings. The van der Waals surface area contributed by atoms with Gasteiger partial charge in [0.25, 0.3) is 0 Å². The van der Waals surface area contributed by atoms with E-state index in [0.717, 1.165) is 11.3 Å². The van der Waals surface area contributed by atoms with Gasteiger partial charge in [-0.1, -0.05) is 86.6 Å². The van der Waals surface area contributed by atoms with Gasteiger partial charge in [0.15, 0.2) is 0 Å². The van der Waals surface area contributed by atoms with Gasteiger partial charge in [-0.25, -0.2) is 0 Å². The van der Waals surface area contributed by atoms with Crippen LogP contribution in [0.15, 0.2) is 83.3 Å². The maximum absolute atomic E-state index is 6.72. The summed E-state index contributed by atoms with van der Waals surface area (Å²) in [4.78, 5) is 0. The number of hydrogen-bond acceptors (Lipinski definition) is 1. The molecule has 0 aliphatic rings. The van der Waals surface area contributed by atoms with E-state index in [2.05, 4.69) is 150 Å². The number of hydrogen-bond donors (Lipinski definition) is 0. The number of furan rings is 1. The van der Waals surface area contributed by atoms with Crippen molar-refractivity contribution in [2.75, 3.05) is 0 Å². The Balaban J connectivity index is 1.45. The molecule has 5 aromatic carbocycles. The minimum absolute atomic E-state index is 0.00524. The lowest BCUT2D eigenvalue weighted by molar-refractivity contribution is 0.590. The first-order chi connectivity index (χ1) is 22.2. The van der Waals surface area contributed by atoms with Crippen molar-refractivity contribution in [2.45, 2.75) is 78.6 Å². The summed E-state index contributed by atoms with van der Waals surface area (Å²) in [5, 5.41) is 11.6. The van der Waals surface area contributed by atoms with Crippen LogP contribution in [-0.2, 0) is 16.2 Å². The number of fused-ring (bicyclic) bond motifs is 14. The maximum atomic E-state index is 6.72. The smallest absolute Gasteiger partial charge is 0.213 e. The highest BCUT2D eigenvalue weighted by Gasteiger charge is 2.28. The molecule has 5 heterocycles. The van der Waals surface area contributed by atoms with Crippen LogP contribution in [0.5, 0.6) is 0 Å².